The number of piperidine rings is 1. The van der Waals surface area contributed by atoms with Crippen LogP contribution in [0.15, 0.2) is 36.5 Å². The summed E-state index contributed by atoms with van der Waals surface area (Å²) in [7, 11) is 0. The summed E-state index contributed by atoms with van der Waals surface area (Å²) in [4.78, 5) is 21.4. The van der Waals surface area contributed by atoms with Gasteiger partial charge in [-0.25, -0.2) is 0 Å². The number of carbonyl (C=O) groups is 1. The first-order valence-corrected chi connectivity index (χ1v) is 10.3. The third-order valence-electron chi connectivity index (χ3n) is 6.29. The maximum absolute atomic E-state index is 13.0. The van der Waals surface area contributed by atoms with Crippen LogP contribution >= 0.6 is 0 Å². The fraction of sp³-hybridized carbons (Fsp3) is 0.545. The molecule has 3 heterocycles. The predicted molar refractivity (Wildman–Crippen MR) is 108 cm³/mol. The van der Waals surface area contributed by atoms with Crippen LogP contribution in [0.5, 0.6) is 0 Å². The van der Waals surface area contributed by atoms with Crippen molar-refractivity contribution in [3.8, 4) is 0 Å². The van der Waals surface area contributed by atoms with Crippen molar-refractivity contribution in [2.45, 2.75) is 25.4 Å². The second-order valence-corrected chi connectivity index (χ2v) is 8.10. The van der Waals surface area contributed by atoms with E-state index in [0.29, 0.717) is 19.6 Å². The normalized spacial score (nSPS) is 24.1. The predicted octanol–water partition coefficient (Wildman–Crippen LogP) is 1.30. The summed E-state index contributed by atoms with van der Waals surface area (Å²) in [6.45, 7) is 3.63. The second kappa shape index (κ2) is 8.55. The molecule has 28 heavy (non-hydrogen) atoms. The van der Waals surface area contributed by atoms with Gasteiger partial charge < -0.3 is 20.0 Å². The highest BCUT2D eigenvalue weighted by Gasteiger charge is 2.37. The van der Waals surface area contributed by atoms with Gasteiger partial charge in [-0.05, 0) is 50.0 Å². The Bertz CT molecular complexity index is 814. The zero-order valence-electron chi connectivity index (χ0n) is 16.2. The zero-order valence-corrected chi connectivity index (χ0v) is 16.2. The lowest BCUT2D eigenvalue weighted by molar-refractivity contribution is -0.136. The van der Waals surface area contributed by atoms with E-state index in [1.54, 1.807) is 0 Å². The number of amides is 1. The van der Waals surface area contributed by atoms with Gasteiger partial charge in [-0.3, -0.25) is 9.78 Å². The van der Waals surface area contributed by atoms with Crippen LogP contribution in [0, 0.1) is 11.8 Å². The molecule has 1 amide bonds. The van der Waals surface area contributed by atoms with Crippen molar-refractivity contribution >= 4 is 16.8 Å². The van der Waals surface area contributed by atoms with Crippen LogP contribution in [0.4, 0.5) is 0 Å². The van der Waals surface area contributed by atoms with Gasteiger partial charge in [-0.15, -0.1) is 0 Å². The summed E-state index contributed by atoms with van der Waals surface area (Å²) in [5.74, 6) is 0.289. The fourth-order valence-electron chi connectivity index (χ4n) is 4.65. The van der Waals surface area contributed by atoms with Crippen LogP contribution in [0.1, 0.15) is 18.4 Å². The largest absolute Gasteiger partial charge is 0.395 e. The number of hydrogen-bond acceptors (Lipinski definition) is 5. The average molecular weight is 383 g/mol. The summed E-state index contributed by atoms with van der Waals surface area (Å²) in [5, 5.41) is 20.8. The number of rotatable bonds is 5. The van der Waals surface area contributed by atoms with Crippen molar-refractivity contribution in [1.29, 1.82) is 0 Å². The Balaban J connectivity index is 1.39. The van der Waals surface area contributed by atoms with Gasteiger partial charge >= 0.3 is 0 Å². The molecule has 4 rings (SSSR count). The number of benzene rings is 1. The minimum Gasteiger partial charge on any atom is -0.395 e. The molecule has 1 aromatic heterocycles. The SMILES string of the molecule is O=C(C1CCN(CCO)CC1)N1C[C@@H](Cc2ccnc3ccccc23)[C@@H](O)C1. The molecule has 0 aliphatic carbocycles. The summed E-state index contributed by atoms with van der Waals surface area (Å²) in [6, 6.07) is 10.1. The van der Waals surface area contributed by atoms with Gasteiger partial charge in [0.2, 0.25) is 5.91 Å². The third kappa shape index (κ3) is 4.04. The van der Waals surface area contributed by atoms with Crippen molar-refractivity contribution in [2.75, 3.05) is 39.3 Å². The third-order valence-corrected chi connectivity index (χ3v) is 6.29. The average Bonchev–Trinajstić information content (AvgIpc) is 3.09. The Morgan fingerprint density at radius 2 is 1.93 bits per heavy atom. The van der Waals surface area contributed by atoms with E-state index in [1.807, 2.05) is 35.4 Å². The topological polar surface area (TPSA) is 76.9 Å². The van der Waals surface area contributed by atoms with Gasteiger partial charge in [-0.2, -0.15) is 0 Å². The van der Waals surface area contributed by atoms with Crippen molar-refractivity contribution in [1.82, 2.24) is 14.8 Å². The van der Waals surface area contributed by atoms with E-state index in [4.69, 9.17) is 5.11 Å². The Hall–Kier alpha value is -2.02. The lowest BCUT2D eigenvalue weighted by Gasteiger charge is -2.32. The van der Waals surface area contributed by atoms with Crippen molar-refractivity contribution in [3.63, 3.8) is 0 Å². The second-order valence-electron chi connectivity index (χ2n) is 8.10. The standard InChI is InChI=1S/C22H29N3O3/c26-12-11-24-9-6-16(7-10-24)22(28)25-14-18(21(27)15-25)13-17-5-8-23-20-4-2-1-3-19(17)20/h1-5,8,16,18,21,26-27H,6-7,9-15H2/t18-,21+/m1/s1. The number of pyridine rings is 1. The lowest BCUT2D eigenvalue weighted by atomic mass is 9.94. The number of aliphatic hydroxyl groups excluding tert-OH is 2. The van der Waals surface area contributed by atoms with E-state index in [2.05, 4.69) is 16.0 Å². The van der Waals surface area contributed by atoms with Gasteiger partial charge in [0.15, 0.2) is 0 Å². The number of β-amino-alcohol motifs (C(OH)–C–C–N with tert-alkyl or cyclic N) is 2. The van der Waals surface area contributed by atoms with E-state index in [0.717, 1.165) is 43.3 Å². The summed E-state index contributed by atoms with van der Waals surface area (Å²) < 4.78 is 0. The maximum Gasteiger partial charge on any atom is 0.225 e. The van der Waals surface area contributed by atoms with E-state index in [9.17, 15) is 9.90 Å². The lowest BCUT2D eigenvalue weighted by Crippen LogP contribution is -2.42. The van der Waals surface area contributed by atoms with Gasteiger partial charge in [0.25, 0.3) is 0 Å². The Labute approximate surface area is 165 Å². The molecule has 2 N–H and O–H groups in total. The molecule has 6 heteroatoms. The van der Waals surface area contributed by atoms with Crippen LogP contribution in [-0.2, 0) is 11.2 Å². The summed E-state index contributed by atoms with van der Waals surface area (Å²) in [6.07, 6.45) is 3.77. The molecule has 2 atom stereocenters. The molecule has 2 fully saturated rings. The van der Waals surface area contributed by atoms with Crippen molar-refractivity contribution in [2.24, 2.45) is 11.8 Å². The van der Waals surface area contributed by atoms with Crippen LogP contribution in [0.3, 0.4) is 0 Å². The highest BCUT2D eigenvalue weighted by atomic mass is 16.3. The van der Waals surface area contributed by atoms with E-state index >= 15 is 0 Å². The van der Waals surface area contributed by atoms with Crippen LogP contribution < -0.4 is 0 Å². The Morgan fingerprint density at radius 1 is 1.14 bits per heavy atom. The van der Waals surface area contributed by atoms with Crippen LogP contribution in [0.2, 0.25) is 0 Å². The van der Waals surface area contributed by atoms with Crippen LogP contribution in [0.25, 0.3) is 10.9 Å². The molecule has 6 nitrogen and oxygen atoms in total. The molecular weight excluding hydrogens is 354 g/mol. The highest BCUT2D eigenvalue weighted by Crippen LogP contribution is 2.28. The summed E-state index contributed by atoms with van der Waals surface area (Å²) in [5.41, 5.74) is 2.15. The molecule has 0 unspecified atom stereocenters. The molecule has 0 radical (unpaired) electrons. The molecule has 1 aromatic carbocycles. The zero-order chi connectivity index (χ0) is 19.5. The van der Waals surface area contributed by atoms with E-state index in [1.165, 1.54) is 5.56 Å². The first kappa shape index (κ1) is 19.3. The maximum atomic E-state index is 13.0. The van der Waals surface area contributed by atoms with E-state index in [-0.39, 0.29) is 24.3 Å². The molecule has 0 bridgehead atoms. The number of nitrogens with zero attached hydrogens (tertiary/aromatic N) is 3. The number of carbonyl (C=O) groups excluding carboxylic acids is 1. The van der Waals surface area contributed by atoms with Crippen molar-refractivity contribution in [3.05, 3.63) is 42.1 Å². The number of likely N-dealkylation sites (tertiary alicyclic amines) is 2. The molecule has 2 aromatic rings. The van der Waals surface area contributed by atoms with Gasteiger partial charge in [0.05, 0.1) is 18.2 Å². The monoisotopic (exact) mass is 383 g/mol. The van der Waals surface area contributed by atoms with E-state index < -0.39 is 6.10 Å². The number of para-hydroxylation sites is 1. The van der Waals surface area contributed by atoms with Gasteiger partial charge in [0, 0.05) is 43.1 Å². The molecule has 0 saturated carbocycles. The molecule has 2 aliphatic heterocycles. The number of fused-ring (bicyclic) bond motifs is 1. The molecule has 150 valence electrons. The first-order valence-electron chi connectivity index (χ1n) is 10.3. The minimum absolute atomic E-state index is 0.0441. The Kier molecular flexibility index (Phi) is 5.90. The summed E-state index contributed by atoms with van der Waals surface area (Å²) >= 11 is 0. The Morgan fingerprint density at radius 3 is 2.71 bits per heavy atom. The molecular formula is C22H29N3O3. The van der Waals surface area contributed by atoms with Gasteiger partial charge in [-0.1, -0.05) is 18.2 Å². The number of hydrogen-bond donors (Lipinski definition) is 2. The smallest absolute Gasteiger partial charge is 0.225 e. The first-order chi connectivity index (χ1) is 13.7. The minimum atomic E-state index is -0.481. The van der Waals surface area contributed by atoms with Gasteiger partial charge in [0.1, 0.15) is 0 Å². The quantitative estimate of drug-likeness (QED) is 0.814. The molecule has 2 saturated heterocycles. The van der Waals surface area contributed by atoms with Crippen molar-refractivity contribution < 1.29 is 15.0 Å². The number of aliphatic hydroxyl groups is 2. The molecule has 0 spiro atoms. The molecule has 2 aliphatic rings. The highest BCUT2D eigenvalue weighted by molar-refractivity contribution is 5.82. The van der Waals surface area contributed by atoms with Crippen LogP contribution in [-0.4, -0.2) is 76.3 Å². The number of aromatic nitrogens is 1. The fourth-order valence-corrected chi connectivity index (χ4v) is 4.65.